The van der Waals surface area contributed by atoms with Gasteiger partial charge < -0.3 is 19.7 Å². The molecule has 1 aromatic carbocycles. The molecule has 2 aliphatic heterocycles. The van der Waals surface area contributed by atoms with Gasteiger partial charge in [0.25, 0.3) is 5.91 Å². The molecule has 9 nitrogen and oxygen atoms in total. The zero-order chi connectivity index (χ0) is 22.1. The van der Waals surface area contributed by atoms with E-state index in [1.54, 1.807) is 57.0 Å². The third kappa shape index (κ3) is 5.45. The number of methoxy groups -OCH3 is 1. The highest BCUT2D eigenvalue weighted by Gasteiger charge is 2.49. The fourth-order valence-corrected chi connectivity index (χ4v) is 7.15. The third-order valence-corrected chi connectivity index (χ3v) is 7.63. The standard InChI is InChI=1S/C19H25N3O6S2/c1-19(2,3)28-18(24)20-9-16(23)21-17-22(12-5-7-13(27-4)8-6-12)14-10-30(25,26)11-15(14)29-17/h5-8,14-15H,9-11H2,1-4H3,(H,20,24)/t14-,15-/m1/s1. The van der Waals surface area contributed by atoms with Crippen LogP contribution in [0.3, 0.4) is 0 Å². The number of benzene rings is 1. The summed E-state index contributed by atoms with van der Waals surface area (Å²) in [4.78, 5) is 30.0. The Morgan fingerprint density at radius 3 is 2.50 bits per heavy atom. The summed E-state index contributed by atoms with van der Waals surface area (Å²) >= 11 is 1.27. The number of alkyl carbamates (subject to hydrolysis) is 1. The Morgan fingerprint density at radius 1 is 1.23 bits per heavy atom. The van der Waals surface area contributed by atoms with Gasteiger partial charge in [-0.2, -0.15) is 4.99 Å². The first-order chi connectivity index (χ1) is 14.0. The molecule has 2 saturated heterocycles. The number of carbonyl (C=O) groups is 2. The summed E-state index contributed by atoms with van der Waals surface area (Å²) in [5, 5.41) is 2.60. The molecule has 2 amide bonds. The number of nitrogens with zero attached hydrogens (tertiary/aromatic N) is 2. The van der Waals surface area contributed by atoms with Crippen LogP contribution in [0, 0.1) is 0 Å². The Labute approximate surface area is 180 Å². The second-order valence-corrected chi connectivity index (χ2v) is 11.4. The lowest BCUT2D eigenvalue weighted by Crippen LogP contribution is -2.38. The van der Waals surface area contributed by atoms with Gasteiger partial charge in [0, 0.05) is 10.9 Å². The summed E-state index contributed by atoms with van der Waals surface area (Å²) in [6.45, 7) is 4.86. The molecule has 0 bridgehead atoms. The first kappa shape index (κ1) is 22.4. The first-order valence-electron chi connectivity index (χ1n) is 9.36. The average molecular weight is 456 g/mol. The molecular formula is C19H25N3O6S2. The molecule has 2 aliphatic rings. The van der Waals surface area contributed by atoms with Gasteiger partial charge >= 0.3 is 6.09 Å². The van der Waals surface area contributed by atoms with E-state index in [0.717, 1.165) is 5.69 Å². The molecule has 11 heteroatoms. The summed E-state index contributed by atoms with van der Waals surface area (Å²) in [6.07, 6.45) is -0.704. The minimum Gasteiger partial charge on any atom is -0.497 e. The number of amidine groups is 1. The Bertz CT molecular complexity index is 953. The number of ether oxygens (including phenoxy) is 2. The summed E-state index contributed by atoms with van der Waals surface area (Å²) in [7, 11) is -1.59. The maximum absolute atomic E-state index is 12.4. The van der Waals surface area contributed by atoms with Crippen molar-refractivity contribution in [2.45, 2.75) is 37.7 Å². The van der Waals surface area contributed by atoms with Gasteiger partial charge in [0.1, 0.15) is 17.9 Å². The van der Waals surface area contributed by atoms with Crippen LogP contribution in [0.25, 0.3) is 0 Å². The molecule has 2 heterocycles. The molecule has 0 aromatic heterocycles. The van der Waals surface area contributed by atoms with Gasteiger partial charge in [-0.15, -0.1) is 0 Å². The minimum atomic E-state index is -3.15. The van der Waals surface area contributed by atoms with Crippen molar-refractivity contribution in [3.05, 3.63) is 24.3 Å². The number of carbonyl (C=O) groups excluding carboxylic acids is 2. The summed E-state index contributed by atoms with van der Waals surface area (Å²) in [5.74, 6) is 0.153. The molecule has 0 unspecified atom stereocenters. The number of thioether (sulfide) groups is 1. The molecule has 30 heavy (non-hydrogen) atoms. The number of anilines is 1. The maximum atomic E-state index is 12.4. The Morgan fingerprint density at radius 2 is 1.90 bits per heavy atom. The van der Waals surface area contributed by atoms with Gasteiger partial charge in [-0.25, -0.2) is 13.2 Å². The summed E-state index contributed by atoms with van der Waals surface area (Å²) < 4.78 is 34.5. The van der Waals surface area contributed by atoms with Gasteiger partial charge in [-0.3, -0.25) is 4.79 Å². The van der Waals surface area contributed by atoms with Crippen molar-refractivity contribution < 1.29 is 27.5 Å². The number of rotatable bonds is 4. The SMILES string of the molecule is COc1ccc(N2C(=NC(=O)CNC(=O)OC(C)(C)C)S[C@@H]3CS(=O)(=O)C[C@H]32)cc1. The second kappa shape index (κ2) is 8.46. The molecule has 1 N–H and O–H groups in total. The van der Waals surface area contributed by atoms with Gasteiger partial charge in [0.2, 0.25) is 0 Å². The number of sulfone groups is 1. The van der Waals surface area contributed by atoms with Crippen molar-refractivity contribution in [2.75, 3.05) is 30.1 Å². The van der Waals surface area contributed by atoms with Crippen molar-refractivity contribution in [3.8, 4) is 5.75 Å². The van der Waals surface area contributed by atoms with E-state index in [-0.39, 0.29) is 29.3 Å². The molecule has 2 atom stereocenters. The van der Waals surface area contributed by atoms with Crippen LogP contribution >= 0.6 is 11.8 Å². The lowest BCUT2D eigenvalue weighted by Gasteiger charge is -2.24. The molecule has 164 valence electrons. The van der Waals surface area contributed by atoms with Crippen LogP contribution in [0.1, 0.15) is 20.8 Å². The van der Waals surface area contributed by atoms with E-state index >= 15 is 0 Å². The highest BCUT2D eigenvalue weighted by Crippen LogP contribution is 2.41. The van der Waals surface area contributed by atoms with Crippen LogP contribution in [-0.4, -0.2) is 67.6 Å². The fourth-order valence-electron chi connectivity index (χ4n) is 3.22. The van der Waals surface area contributed by atoms with E-state index in [1.165, 1.54) is 11.8 Å². The maximum Gasteiger partial charge on any atom is 0.408 e. The zero-order valence-corrected chi connectivity index (χ0v) is 18.9. The lowest BCUT2D eigenvalue weighted by atomic mass is 10.2. The Balaban J connectivity index is 1.78. The molecule has 0 spiro atoms. The third-order valence-electron chi connectivity index (χ3n) is 4.42. The predicted molar refractivity (Wildman–Crippen MR) is 116 cm³/mol. The summed E-state index contributed by atoms with van der Waals surface area (Å²) in [5.41, 5.74) is 0.0496. The largest absolute Gasteiger partial charge is 0.497 e. The molecule has 3 rings (SSSR count). The number of amides is 2. The predicted octanol–water partition coefficient (Wildman–Crippen LogP) is 1.82. The smallest absolute Gasteiger partial charge is 0.408 e. The van der Waals surface area contributed by atoms with E-state index in [9.17, 15) is 18.0 Å². The quantitative estimate of drug-likeness (QED) is 0.731. The van der Waals surface area contributed by atoms with Gasteiger partial charge in [-0.05, 0) is 45.0 Å². The number of aliphatic imine (C=N–C) groups is 1. The Kier molecular flexibility index (Phi) is 6.32. The van der Waals surface area contributed by atoms with E-state index in [2.05, 4.69) is 10.3 Å². The normalized spacial score (nSPS) is 23.9. The number of nitrogens with one attached hydrogen (secondary N) is 1. The number of hydrogen-bond acceptors (Lipinski definition) is 7. The molecular weight excluding hydrogens is 430 g/mol. The molecule has 2 fully saturated rings. The van der Waals surface area contributed by atoms with Crippen molar-refractivity contribution in [1.29, 1.82) is 0 Å². The average Bonchev–Trinajstić information content (AvgIpc) is 3.09. The second-order valence-electron chi connectivity index (χ2n) is 8.01. The van der Waals surface area contributed by atoms with Gasteiger partial charge in [0.05, 0.1) is 24.7 Å². The fraction of sp³-hybridized carbons (Fsp3) is 0.526. The van der Waals surface area contributed by atoms with E-state index in [4.69, 9.17) is 9.47 Å². The van der Waals surface area contributed by atoms with Crippen LogP contribution in [0.5, 0.6) is 5.75 Å². The van der Waals surface area contributed by atoms with Crippen LogP contribution in [-0.2, 0) is 19.4 Å². The van der Waals surface area contributed by atoms with E-state index in [1.807, 2.05) is 0 Å². The van der Waals surface area contributed by atoms with Crippen LogP contribution in [0.15, 0.2) is 29.3 Å². The topological polar surface area (TPSA) is 114 Å². The first-order valence-corrected chi connectivity index (χ1v) is 12.1. The number of fused-ring (bicyclic) bond motifs is 1. The molecule has 0 saturated carbocycles. The van der Waals surface area contributed by atoms with Crippen molar-refractivity contribution in [1.82, 2.24) is 5.32 Å². The van der Waals surface area contributed by atoms with E-state index in [0.29, 0.717) is 10.9 Å². The number of hydrogen-bond donors (Lipinski definition) is 1. The summed E-state index contributed by atoms with van der Waals surface area (Å²) in [6, 6.07) is 6.82. The van der Waals surface area contributed by atoms with Crippen LogP contribution in [0.2, 0.25) is 0 Å². The zero-order valence-electron chi connectivity index (χ0n) is 17.2. The van der Waals surface area contributed by atoms with Crippen molar-refractivity contribution in [2.24, 2.45) is 4.99 Å². The lowest BCUT2D eigenvalue weighted by molar-refractivity contribution is -0.117. The van der Waals surface area contributed by atoms with Crippen molar-refractivity contribution >= 4 is 44.5 Å². The van der Waals surface area contributed by atoms with Crippen LogP contribution < -0.4 is 15.0 Å². The van der Waals surface area contributed by atoms with Crippen LogP contribution in [0.4, 0.5) is 10.5 Å². The molecule has 1 aromatic rings. The highest BCUT2D eigenvalue weighted by atomic mass is 32.2. The highest BCUT2D eigenvalue weighted by molar-refractivity contribution is 8.16. The monoisotopic (exact) mass is 455 g/mol. The molecule has 0 radical (unpaired) electrons. The Hall–Kier alpha value is -2.27. The van der Waals surface area contributed by atoms with Crippen molar-refractivity contribution in [3.63, 3.8) is 0 Å². The van der Waals surface area contributed by atoms with Gasteiger partial charge in [-0.1, -0.05) is 11.8 Å². The van der Waals surface area contributed by atoms with Gasteiger partial charge in [0.15, 0.2) is 15.0 Å². The van der Waals surface area contributed by atoms with E-state index < -0.39 is 27.4 Å². The minimum absolute atomic E-state index is 0.0000644. The molecule has 0 aliphatic carbocycles.